The number of aryl methyl sites for hydroxylation is 3. The highest BCUT2D eigenvalue weighted by Crippen LogP contribution is 2.31. The predicted molar refractivity (Wildman–Crippen MR) is 113 cm³/mol. The molecule has 0 aliphatic carbocycles. The van der Waals surface area contributed by atoms with E-state index in [0.717, 1.165) is 16.8 Å². The molecule has 0 saturated heterocycles. The van der Waals surface area contributed by atoms with Crippen molar-refractivity contribution >= 4 is 34.1 Å². The van der Waals surface area contributed by atoms with E-state index in [1.165, 1.54) is 51.9 Å². The van der Waals surface area contributed by atoms with Crippen molar-refractivity contribution in [2.45, 2.75) is 26.5 Å². The molecule has 1 aromatic heterocycles. The number of thiazole rings is 1. The SMILES string of the molecule is Cc1cc(C)c(-c2csc(NC(=O)CSCc3ccc(F)cc3)n2)c(C)c1. The standard InChI is InChI=1S/C21H21FN2OS2/c1-13-8-14(2)20(15(3)9-13)18-11-27-21(23-18)24-19(25)12-26-10-16-4-6-17(22)7-5-16/h4-9,11H,10,12H2,1-3H3,(H,23,24,25). The van der Waals surface area contributed by atoms with Gasteiger partial charge in [-0.25, -0.2) is 9.37 Å². The Kier molecular flexibility index (Phi) is 6.29. The molecule has 1 amide bonds. The van der Waals surface area contributed by atoms with Gasteiger partial charge >= 0.3 is 0 Å². The first kappa shape index (κ1) is 19.6. The molecule has 0 spiro atoms. The number of rotatable bonds is 6. The van der Waals surface area contributed by atoms with E-state index in [9.17, 15) is 9.18 Å². The molecule has 0 atom stereocenters. The summed E-state index contributed by atoms with van der Waals surface area (Å²) in [6, 6.07) is 10.6. The monoisotopic (exact) mass is 400 g/mol. The third-order valence-electron chi connectivity index (χ3n) is 4.10. The van der Waals surface area contributed by atoms with Gasteiger partial charge in [0.25, 0.3) is 0 Å². The third kappa shape index (κ3) is 5.17. The van der Waals surface area contributed by atoms with Crippen LogP contribution in [-0.2, 0) is 10.5 Å². The smallest absolute Gasteiger partial charge is 0.236 e. The molecule has 0 bridgehead atoms. The highest BCUT2D eigenvalue weighted by atomic mass is 32.2. The summed E-state index contributed by atoms with van der Waals surface area (Å²) < 4.78 is 12.9. The molecule has 3 nitrogen and oxygen atoms in total. The Bertz CT molecular complexity index is 928. The van der Waals surface area contributed by atoms with Gasteiger partial charge in [-0.2, -0.15) is 0 Å². The summed E-state index contributed by atoms with van der Waals surface area (Å²) in [6.45, 7) is 6.25. The molecule has 6 heteroatoms. The zero-order valence-corrected chi connectivity index (χ0v) is 17.1. The second kappa shape index (κ2) is 8.67. The number of halogens is 1. The number of thioether (sulfide) groups is 1. The zero-order valence-electron chi connectivity index (χ0n) is 15.5. The highest BCUT2D eigenvalue weighted by Gasteiger charge is 2.12. The van der Waals surface area contributed by atoms with E-state index in [4.69, 9.17) is 0 Å². The van der Waals surface area contributed by atoms with Crippen molar-refractivity contribution < 1.29 is 9.18 Å². The van der Waals surface area contributed by atoms with Crippen molar-refractivity contribution in [1.82, 2.24) is 4.98 Å². The van der Waals surface area contributed by atoms with Crippen LogP contribution in [0.15, 0.2) is 41.8 Å². The second-order valence-electron chi connectivity index (χ2n) is 6.48. The number of nitrogens with one attached hydrogen (secondary N) is 1. The fraction of sp³-hybridized carbons (Fsp3) is 0.238. The number of aromatic nitrogens is 1. The van der Waals surface area contributed by atoms with E-state index in [1.54, 1.807) is 12.1 Å². The third-order valence-corrected chi connectivity index (χ3v) is 5.86. The number of hydrogen-bond donors (Lipinski definition) is 1. The largest absolute Gasteiger partial charge is 0.301 e. The normalized spacial score (nSPS) is 10.8. The maximum absolute atomic E-state index is 12.9. The van der Waals surface area contributed by atoms with Crippen LogP contribution in [0.5, 0.6) is 0 Å². The number of benzene rings is 2. The molecule has 3 aromatic rings. The number of amides is 1. The van der Waals surface area contributed by atoms with E-state index in [0.29, 0.717) is 16.6 Å². The van der Waals surface area contributed by atoms with E-state index in [-0.39, 0.29) is 11.7 Å². The molecule has 1 N–H and O–H groups in total. The fourth-order valence-corrected chi connectivity index (χ4v) is 4.53. The lowest BCUT2D eigenvalue weighted by atomic mass is 9.98. The van der Waals surface area contributed by atoms with Gasteiger partial charge in [-0.3, -0.25) is 4.79 Å². The Morgan fingerprint density at radius 1 is 1.15 bits per heavy atom. The van der Waals surface area contributed by atoms with Gasteiger partial charge in [0.05, 0.1) is 11.4 Å². The molecule has 0 unspecified atom stereocenters. The van der Waals surface area contributed by atoms with Crippen LogP contribution >= 0.6 is 23.1 Å². The van der Waals surface area contributed by atoms with Gasteiger partial charge in [0.2, 0.25) is 5.91 Å². The van der Waals surface area contributed by atoms with Crippen LogP contribution in [0, 0.1) is 26.6 Å². The van der Waals surface area contributed by atoms with E-state index in [1.807, 2.05) is 5.38 Å². The zero-order chi connectivity index (χ0) is 19.4. The van der Waals surface area contributed by atoms with Crippen LogP contribution in [0.4, 0.5) is 9.52 Å². The second-order valence-corrected chi connectivity index (χ2v) is 8.32. The van der Waals surface area contributed by atoms with Crippen molar-refractivity contribution in [2.75, 3.05) is 11.1 Å². The molecular formula is C21H21FN2OS2. The molecule has 0 saturated carbocycles. The molecule has 0 radical (unpaired) electrons. The first-order valence-corrected chi connectivity index (χ1v) is 10.6. The van der Waals surface area contributed by atoms with Crippen LogP contribution in [0.1, 0.15) is 22.3 Å². The Balaban J connectivity index is 1.57. The Morgan fingerprint density at radius 3 is 2.48 bits per heavy atom. The van der Waals surface area contributed by atoms with E-state index < -0.39 is 0 Å². The maximum Gasteiger partial charge on any atom is 0.236 e. The van der Waals surface area contributed by atoms with Crippen molar-refractivity contribution in [3.8, 4) is 11.3 Å². The summed E-state index contributed by atoms with van der Waals surface area (Å²) in [6.07, 6.45) is 0. The molecule has 0 aliphatic heterocycles. The minimum Gasteiger partial charge on any atom is -0.301 e. The van der Waals surface area contributed by atoms with Crippen molar-refractivity contribution in [2.24, 2.45) is 0 Å². The summed E-state index contributed by atoms with van der Waals surface area (Å²) in [4.78, 5) is 16.7. The quantitative estimate of drug-likeness (QED) is 0.573. The van der Waals surface area contributed by atoms with Crippen LogP contribution in [0.2, 0.25) is 0 Å². The molecule has 3 rings (SSSR count). The first-order chi connectivity index (χ1) is 12.9. The topological polar surface area (TPSA) is 42.0 Å². The summed E-state index contributed by atoms with van der Waals surface area (Å²) >= 11 is 2.92. The van der Waals surface area contributed by atoms with Crippen molar-refractivity contribution in [3.05, 3.63) is 69.8 Å². The number of nitrogens with zero attached hydrogens (tertiary/aromatic N) is 1. The molecule has 27 heavy (non-hydrogen) atoms. The average molecular weight is 401 g/mol. The van der Waals surface area contributed by atoms with Gasteiger partial charge in [0, 0.05) is 16.7 Å². The molecular weight excluding hydrogens is 379 g/mol. The van der Waals surface area contributed by atoms with Crippen LogP contribution in [0.3, 0.4) is 0 Å². The minimum atomic E-state index is -0.250. The van der Waals surface area contributed by atoms with Gasteiger partial charge in [-0.15, -0.1) is 23.1 Å². The maximum atomic E-state index is 12.9. The van der Waals surface area contributed by atoms with Crippen LogP contribution in [-0.4, -0.2) is 16.6 Å². The molecule has 0 fully saturated rings. The van der Waals surface area contributed by atoms with Crippen molar-refractivity contribution in [1.29, 1.82) is 0 Å². The summed E-state index contributed by atoms with van der Waals surface area (Å²) in [5, 5.41) is 5.45. The van der Waals surface area contributed by atoms with Crippen LogP contribution < -0.4 is 5.32 Å². The lowest BCUT2D eigenvalue weighted by Crippen LogP contribution is -2.14. The predicted octanol–water partition coefficient (Wildman–Crippen LogP) is 5.75. The van der Waals surface area contributed by atoms with Gasteiger partial charge in [0.15, 0.2) is 5.13 Å². The number of carbonyl (C=O) groups is 1. The minimum absolute atomic E-state index is 0.0830. The molecule has 140 valence electrons. The van der Waals surface area contributed by atoms with Gasteiger partial charge < -0.3 is 5.32 Å². The lowest BCUT2D eigenvalue weighted by molar-refractivity contribution is -0.113. The lowest BCUT2D eigenvalue weighted by Gasteiger charge is -2.08. The number of anilines is 1. The van der Waals surface area contributed by atoms with Gasteiger partial charge in [0.1, 0.15) is 5.82 Å². The van der Waals surface area contributed by atoms with E-state index >= 15 is 0 Å². The summed E-state index contributed by atoms with van der Waals surface area (Å²) in [7, 11) is 0. The van der Waals surface area contributed by atoms with Crippen LogP contribution in [0.25, 0.3) is 11.3 Å². The first-order valence-electron chi connectivity index (χ1n) is 8.58. The van der Waals surface area contributed by atoms with E-state index in [2.05, 4.69) is 43.2 Å². The van der Waals surface area contributed by atoms with Gasteiger partial charge in [-0.05, 0) is 49.6 Å². The average Bonchev–Trinajstić information content (AvgIpc) is 3.03. The highest BCUT2D eigenvalue weighted by molar-refractivity contribution is 7.99. The molecule has 0 aliphatic rings. The molecule has 2 aromatic carbocycles. The number of hydrogen-bond acceptors (Lipinski definition) is 4. The molecule has 1 heterocycles. The number of carbonyl (C=O) groups excluding carboxylic acids is 1. The Morgan fingerprint density at radius 2 is 1.81 bits per heavy atom. The van der Waals surface area contributed by atoms with Crippen molar-refractivity contribution in [3.63, 3.8) is 0 Å². The summed E-state index contributed by atoms with van der Waals surface area (Å²) in [5.41, 5.74) is 6.62. The Hall–Kier alpha value is -2.18. The fourth-order valence-electron chi connectivity index (χ4n) is 3.03. The van der Waals surface area contributed by atoms with Gasteiger partial charge in [-0.1, -0.05) is 29.8 Å². The summed E-state index contributed by atoms with van der Waals surface area (Å²) in [5.74, 6) is 0.661. The Labute approximate surface area is 167 Å².